The minimum atomic E-state index is -4.75. The molecule has 0 spiro atoms. The Labute approximate surface area is 158 Å². The van der Waals surface area contributed by atoms with Crippen LogP contribution >= 0.6 is 12.4 Å². The van der Waals surface area contributed by atoms with Crippen molar-refractivity contribution in [1.29, 1.82) is 0 Å². The molecule has 2 rings (SSSR count). The van der Waals surface area contributed by atoms with E-state index in [1.54, 1.807) is 19.2 Å². The molecule has 26 heavy (non-hydrogen) atoms. The van der Waals surface area contributed by atoms with Gasteiger partial charge in [0.25, 0.3) is 0 Å². The van der Waals surface area contributed by atoms with Gasteiger partial charge in [0.1, 0.15) is 5.75 Å². The zero-order chi connectivity index (χ0) is 18.4. The van der Waals surface area contributed by atoms with Crippen molar-refractivity contribution in [1.82, 2.24) is 10.2 Å². The molecule has 0 radical (unpaired) electrons. The predicted octanol–water partition coefficient (Wildman–Crippen LogP) is 3.99. The maximum Gasteiger partial charge on any atom is 0.573 e. The first-order valence-electron chi connectivity index (χ1n) is 8.54. The van der Waals surface area contributed by atoms with Crippen LogP contribution in [0.4, 0.5) is 13.2 Å². The highest BCUT2D eigenvalue weighted by Crippen LogP contribution is 2.28. The SMILES string of the molecule is CC(CC(=O)N(C)Cc1ccccc1OC(F)(F)F)C1CCCNC1.Cl. The number of hydrogen-bond donors (Lipinski definition) is 1. The first-order chi connectivity index (χ1) is 11.8. The molecule has 4 nitrogen and oxygen atoms in total. The zero-order valence-electron chi connectivity index (χ0n) is 15.0. The monoisotopic (exact) mass is 394 g/mol. The van der Waals surface area contributed by atoms with Gasteiger partial charge < -0.3 is 15.0 Å². The second-order valence-electron chi connectivity index (χ2n) is 6.69. The van der Waals surface area contributed by atoms with Crippen molar-refractivity contribution in [3.05, 3.63) is 29.8 Å². The fourth-order valence-electron chi connectivity index (χ4n) is 3.16. The number of piperidine rings is 1. The Kier molecular flexibility index (Phi) is 8.70. The molecular weight excluding hydrogens is 369 g/mol. The van der Waals surface area contributed by atoms with Crippen LogP contribution in [0.25, 0.3) is 0 Å². The summed E-state index contributed by atoms with van der Waals surface area (Å²) < 4.78 is 41.5. The lowest BCUT2D eigenvalue weighted by Gasteiger charge is -2.29. The maximum atomic E-state index is 12.5. The van der Waals surface area contributed by atoms with E-state index in [1.807, 2.05) is 0 Å². The molecule has 1 aliphatic rings. The second-order valence-corrected chi connectivity index (χ2v) is 6.69. The van der Waals surface area contributed by atoms with Gasteiger partial charge in [-0.05, 0) is 43.8 Å². The van der Waals surface area contributed by atoms with Crippen LogP contribution in [0.15, 0.2) is 24.3 Å². The summed E-state index contributed by atoms with van der Waals surface area (Å²) in [6, 6.07) is 5.91. The van der Waals surface area contributed by atoms with E-state index in [0.29, 0.717) is 17.9 Å². The number of amides is 1. The first-order valence-corrected chi connectivity index (χ1v) is 8.54. The van der Waals surface area contributed by atoms with E-state index in [1.165, 1.54) is 17.0 Å². The number of carbonyl (C=O) groups is 1. The van der Waals surface area contributed by atoms with Crippen LogP contribution in [0.2, 0.25) is 0 Å². The third kappa shape index (κ3) is 7.03. The zero-order valence-corrected chi connectivity index (χ0v) is 15.8. The van der Waals surface area contributed by atoms with Gasteiger partial charge in [-0.1, -0.05) is 25.1 Å². The molecule has 1 aromatic rings. The van der Waals surface area contributed by atoms with E-state index in [0.717, 1.165) is 25.9 Å². The average molecular weight is 395 g/mol. The summed E-state index contributed by atoms with van der Waals surface area (Å²) in [4.78, 5) is 13.9. The highest BCUT2D eigenvalue weighted by molar-refractivity contribution is 5.85. The molecule has 0 bridgehead atoms. The molecule has 148 valence electrons. The van der Waals surface area contributed by atoms with E-state index in [-0.39, 0.29) is 36.5 Å². The van der Waals surface area contributed by atoms with Gasteiger partial charge in [0, 0.05) is 25.6 Å². The van der Waals surface area contributed by atoms with Gasteiger partial charge >= 0.3 is 6.36 Å². The van der Waals surface area contributed by atoms with Crippen LogP contribution in [0, 0.1) is 11.8 Å². The number of carbonyl (C=O) groups excluding carboxylic acids is 1. The topological polar surface area (TPSA) is 41.6 Å². The van der Waals surface area contributed by atoms with Crippen LogP contribution in [0.1, 0.15) is 31.7 Å². The van der Waals surface area contributed by atoms with E-state index in [9.17, 15) is 18.0 Å². The summed E-state index contributed by atoms with van der Waals surface area (Å²) in [5.74, 6) is 0.371. The van der Waals surface area contributed by atoms with E-state index >= 15 is 0 Å². The summed E-state index contributed by atoms with van der Waals surface area (Å²) in [6.07, 6.45) is -2.14. The summed E-state index contributed by atoms with van der Waals surface area (Å²) in [5.41, 5.74) is 0.336. The fourth-order valence-corrected chi connectivity index (χ4v) is 3.16. The number of ether oxygens (including phenoxy) is 1. The Balaban J connectivity index is 0.00000338. The normalized spacial score (nSPS) is 18.6. The second kappa shape index (κ2) is 10.0. The fraction of sp³-hybridized carbons (Fsp3) is 0.611. The Hall–Kier alpha value is -1.47. The van der Waals surface area contributed by atoms with Gasteiger partial charge in [0.05, 0.1) is 0 Å². The van der Waals surface area contributed by atoms with Crippen molar-refractivity contribution < 1.29 is 22.7 Å². The molecule has 2 unspecified atom stereocenters. The molecule has 2 atom stereocenters. The first kappa shape index (κ1) is 22.6. The van der Waals surface area contributed by atoms with Crippen molar-refractivity contribution in [3.8, 4) is 5.75 Å². The number of hydrogen-bond acceptors (Lipinski definition) is 3. The van der Waals surface area contributed by atoms with E-state index in [4.69, 9.17) is 0 Å². The van der Waals surface area contributed by atoms with Gasteiger partial charge in [-0.3, -0.25) is 4.79 Å². The average Bonchev–Trinajstić information content (AvgIpc) is 2.56. The van der Waals surface area contributed by atoms with Crippen LogP contribution in [-0.4, -0.2) is 37.3 Å². The summed E-state index contributed by atoms with van der Waals surface area (Å²) in [5, 5.41) is 3.34. The third-order valence-corrected chi connectivity index (χ3v) is 4.67. The number of para-hydroxylation sites is 1. The van der Waals surface area contributed by atoms with E-state index < -0.39 is 6.36 Å². The number of benzene rings is 1. The minimum Gasteiger partial charge on any atom is -0.405 e. The minimum absolute atomic E-state index is 0. The Morgan fingerprint density at radius 2 is 2.08 bits per heavy atom. The molecule has 1 N–H and O–H groups in total. The number of halogens is 4. The van der Waals surface area contributed by atoms with E-state index in [2.05, 4.69) is 17.0 Å². The molecule has 0 saturated carbocycles. The number of rotatable bonds is 6. The Bertz CT molecular complexity index is 578. The lowest BCUT2D eigenvalue weighted by atomic mass is 9.85. The standard InChI is InChI=1S/C18H25F3N2O2.ClH/c1-13(14-7-5-9-22-11-14)10-17(24)23(2)12-15-6-3-4-8-16(15)25-18(19,20)21;/h3-4,6,8,13-14,22H,5,7,9-12H2,1-2H3;1H. The lowest BCUT2D eigenvalue weighted by Crippen LogP contribution is -2.36. The third-order valence-electron chi connectivity index (χ3n) is 4.67. The summed E-state index contributed by atoms with van der Waals surface area (Å²) in [7, 11) is 1.61. The largest absolute Gasteiger partial charge is 0.573 e. The molecule has 1 fully saturated rings. The van der Waals surface area contributed by atoms with Gasteiger partial charge in [-0.2, -0.15) is 0 Å². The molecular formula is C18H26ClF3N2O2. The number of nitrogens with zero attached hydrogens (tertiary/aromatic N) is 1. The molecule has 0 aromatic heterocycles. The molecule has 1 saturated heterocycles. The highest BCUT2D eigenvalue weighted by Gasteiger charge is 2.32. The van der Waals surface area contributed by atoms with Gasteiger partial charge in [0.2, 0.25) is 5.91 Å². The van der Waals surface area contributed by atoms with Crippen molar-refractivity contribution in [2.75, 3.05) is 20.1 Å². The van der Waals surface area contributed by atoms with Crippen LogP contribution in [-0.2, 0) is 11.3 Å². The maximum absolute atomic E-state index is 12.5. The lowest BCUT2D eigenvalue weighted by molar-refractivity contribution is -0.275. The molecule has 1 aromatic carbocycles. The molecule has 1 aliphatic heterocycles. The Morgan fingerprint density at radius 1 is 1.38 bits per heavy atom. The molecule has 0 aliphatic carbocycles. The number of nitrogens with one attached hydrogen (secondary N) is 1. The molecule has 1 heterocycles. The van der Waals surface area contributed by atoms with Crippen LogP contribution in [0.5, 0.6) is 5.75 Å². The summed E-state index contributed by atoms with van der Waals surface area (Å²) >= 11 is 0. The summed E-state index contributed by atoms with van der Waals surface area (Å²) in [6.45, 7) is 4.08. The van der Waals surface area contributed by atoms with Gasteiger partial charge in [-0.15, -0.1) is 25.6 Å². The van der Waals surface area contributed by atoms with Crippen LogP contribution < -0.4 is 10.1 Å². The Morgan fingerprint density at radius 3 is 2.69 bits per heavy atom. The van der Waals surface area contributed by atoms with Crippen molar-refractivity contribution in [3.63, 3.8) is 0 Å². The molecule has 8 heteroatoms. The van der Waals surface area contributed by atoms with Crippen molar-refractivity contribution in [2.45, 2.75) is 39.1 Å². The van der Waals surface area contributed by atoms with Gasteiger partial charge in [-0.25, -0.2) is 0 Å². The van der Waals surface area contributed by atoms with Crippen LogP contribution in [0.3, 0.4) is 0 Å². The quantitative estimate of drug-likeness (QED) is 0.793. The predicted molar refractivity (Wildman–Crippen MR) is 96.2 cm³/mol. The van der Waals surface area contributed by atoms with Crippen molar-refractivity contribution >= 4 is 18.3 Å². The molecule has 1 amide bonds. The number of alkyl halides is 3. The van der Waals surface area contributed by atoms with Crippen molar-refractivity contribution in [2.24, 2.45) is 11.8 Å². The highest BCUT2D eigenvalue weighted by atomic mass is 35.5. The van der Waals surface area contributed by atoms with Gasteiger partial charge in [0.15, 0.2) is 0 Å². The smallest absolute Gasteiger partial charge is 0.405 e.